The molecule has 118 valence electrons. The molecular weight excluding hydrogens is 288 g/mol. The van der Waals surface area contributed by atoms with Crippen molar-refractivity contribution in [3.8, 4) is 0 Å². The van der Waals surface area contributed by atoms with Crippen LogP contribution in [0.25, 0.3) is 0 Å². The van der Waals surface area contributed by atoms with Crippen LogP contribution in [0.1, 0.15) is 30.9 Å². The van der Waals surface area contributed by atoms with Gasteiger partial charge in [0.15, 0.2) is 0 Å². The first-order valence-corrected chi connectivity index (χ1v) is 8.82. The van der Waals surface area contributed by atoms with E-state index in [-0.39, 0.29) is 12.1 Å². The van der Waals surface area contributed by atoms with Gasteiger partial charge in [0.25, 0.3) is 0 Å². The van der Waals surface area contributed by atoms with Crippen LogP contribution in [0.5, 0.6) is 0 Å². The molecule has 0 heterocycles. The Morgan fingerprint density at radius 2 is 2.05 bits per heavy atom. The molecule has 0 bridgehead atoms. The van der Waals surface area contributed by atoms with Crippen molar-refractivity contribution in [1.82, 2.24) is 10.0 Å². The fourth-order valence-electron chi connectivity index (χ4n) is 2.52. The lowest BCUT2D eigenvalue weighted by Crippen LogP contribution is -2.47. The Morgan fingerprint density at radius 1 is 1.33 bits per heavy atom. The van der Waals surface area contributed by atoms with E-state index in [1.54, 1.807) is 12.1 Å². The van der Waals surface area contributed by atoms with Gasteiger partial charge in [0, 0.05) is 19.2 Å². The van der Waals surface area contributed by atoms with Gasteiger partial charge in [-0.3, -0.25) is 0 Å². The maximum Gasteiger partial charge on any atom is 0.240 e. The zero-order valence-corrected chi connectivity index (χ0v) is 13.7. The highest BCUT2D eigenvalue weighted by atomic mass is 32.2. The van der Waals surface area contributed by atoms with Gasteiger partial charge in [0.1, 0.15) is 0 Å². The van der Waals surface area contributed by atoms with E-state index in [4.69, 9.17) is 4.74 Å². The molecule has 2 N–H and O–H groups in total. The molecule has 0 aliphatic heterocycles. The summed E-state index contributed by atoms with van der Waals surface area (Å²) in [5.74, 6) is 0. The van der Waals surface area contributed by atoms with Crippen molar-refractivity contribution < 1.29 is 13.2 Å². The van der Waals surface area contributed by atoms with Crippen molar-refractivity contribution in [2.75, 3.05) is 13.7 Å². The molecule has 21 heavy (non-hydrogen) atoms. The van der Waals surface area contributed by atoms with E-state index in [2.05, 4.69) is 10.0 Å². The predicted molar refractivity (Wildman–Crippen MR) is 82.7 cm³/mol. The molecule has 5 nitrogen and oxygen atoms in total. The summed E-state index contributed by atoms with van der Waals surface area (Å²) in [5.41, 5.74) is 2.09. The SMILES string of the molecule is CCOC1CC(NS(=O)(=O)c2ccc(C)c(CNC)c2)C1. The summed E-state index contributed by atoms with van der Waals surface area (Å²) in [5, 5.41) is 3.05. The monoisotopic (exact) mass is 312 g/mol. The van der Waals surface area contributed by atoms with Gasteiger partial charge >= 0.3 is 0 Å². The summed E-state index contributed by atoms with van der Waals surface area (Å²) in [6, 6.07) is 5.24. The molecule has 6 heteroatoms. The van der Waals surface area contributed by atoms with Crippen molar-refractivity contribution in [3.63, 3.8) is 0 Å². The largest absolute Gasteiger partial charge is 0.378 e. The Balaban J connectivity index is 2.05. The van der Waals surface area contributed by atoms with Crippen molar-refractivity contribution in [2.24, 2.45) is 0 Å². The van der Waals surface area contributed by atoms with Gasteiger partial charge in [0.05, 0.1) is 11.0 Å². The fourth-order valence-corrected chi connectivity index (χ4v) is 3.83. The van der Waals surface area contributed by atoms with Crippen LogP contribution in [0.4, 0.5) is 0 Å². The highest BCUT2D eigenvalue weighted by Gasteiger charge is 2.33. The molecule has 1 aliphatic carbocycles. The van der Waals surface area contributed by atoms with Crippen LogP contribution in [0, 0.1) is 6.92 Å². The molecule has 0 unspecified atom stereocenters. The molecule has 0 spiro atoms. The summed E-state index contributed by atoms with van der Waals surface area (Å²) in [6.07, 6.45) is 1.70. The van der Waals surface area contributed by atoms with E-state index in [0.717, 1.165) is 24.0 Å². The molecule has 0 radical (unpaired) electrons. The normalized spacial score (nSPS) is 22.0. The Bertz CT molecular complexity index is 581. The first-order valence-electron chi connectivity index (χ1n) is 7.34. The number of nitrogens with one attached hydrogen (secondary N) is 2. The average Bonchev–Trinajstić information content (AvgIpc) is 2.39. The van der Waals surface area contributed by atoms with Crippen LogP contribution in [0.2, 0.25) is 0 Å². The number of hydrogen-bond acceptors (Lipinski definition) is 4. The predicted octanol–water partition coefficient (Wildman–Crippen LogP) is 1.56. The minimum absolute atomic E-state index is 0.0133. The molecule has 2 rings (SSSR count). The lowest BCUT2D eigenvalue weighted by Gasteiger charge is -2.35. The number of benzene rings is 1. The minimum Gasteiger partial charge on any atom is -0.378 e. The quantitative estimate of drug-likeness (QED) is 0.802. The minimum atomic E-state index is -3.45. The molecule has 1 aromatic rings. The Morgan fingerprint density at radius 3 is 2.67 bits per heavy atom. The molecule has 0 aromatic heterocycles. The van der Waals surface area contributed by atoms with E-state index >= 15 is 0 Å². The van der Waals surface area contributed by atoms with Gasteiger partial charge in [-0.2, -0.15) is 0 Å². The summed E-state index contributed by atoms with van der Waals surface area (Å²) in [4.78, 5) is 0.332. The van der Waals surface area contributed by atoms with Crippen molar-refractivity contribution >= 4 is 10.0 Å². The van der Waals surface area contributed by atoms with Crippen LogP contribution < -0.4 is 10.0 Å². The average molecular weight is 312 g/mol. The van der Waals surface area contributed by atoms with Gasteiger partial charge in [-0.25, -0.2) is 13.1 Å². The maximum atomic E-state index is 12.4. The third-order valence-corrected chi connectivity index (χ3v) is 5.34. The summed E-state index contributed by atoms with van der Waals surface area (Å²) >= 11 is 0. The van der Waals surface area contributed by atoms with E-state index < -0.39 is 10.0 Å². The zero-order valence-electron chi connectivity index (χ0n) is 12.8. The van der Waals surface area contributed by atoms with Gasteiger partial charge in [-0.05, 0) is 57.0 Å². The second-order valence-corrected chi connectivity index (χ2v) is 7.20. The van der Waals surface area contributed by atoms with Crippen LogP contribution in [-0.2, 0) is 21.3 Å². The lowest BCUT2D eigenvalue weighted by atomic mass is 9.90. The van der Waals surface area contributed by atoms with E-state index in [0.29, 0.717) is 18.0 Å². The van der Waals surface area contributed by atoms with E-state index in [1.807, 2.05) is 27.0 Å². The van der Waals surface area contributed by atoms with Crippen LogP contribution in [0.3, 0.4) is 0 Å². The molecule has 0 amide bonds. The standard InChI is InChI=1S/C15H24N2O3S/c1-4-20-14-8-13(9-14)17-21(18,19)15-6-5-11(2)12(7-15)10-16-3/h5-7,13-14,16-17H,4,8-10H2,1-3H3. The van der Waals surface area contributed by atoms with Crippen LogP contribution >= 0.6 is 0 Å². The molecule has 1 saturated carbocycles. The Hall–Kier alpha value is -0.950. The number of rotatable bonds is 7. The van der Waals surface area contributed by atoms with E-state index in [1.165, 1.54) is 0 Å². The van der Waals surface area contributed by atoms with Gasteiger partial charge in [0.2, 0.25) is 10.0 Å². The molecule has 1 fully saturated rings. The first kappa shape index (κ1) is 16.4. The summed E-state index contributed by atoms with van der Waals surface area (Å²) < 4.78 is 33.0. The molecule has 0 saturated heterocycles. The second kappa shape index (κ2) is 6.87. The molecule has 1 aromatic carbocycles. The van der Waals surface area contributed by atoms with Crippen molar-refractivity contribution in [2.45, 2.75) is 50.3 Å². The highest BCUT2D eigenvalue weighted by Crippen LogP contribution is 2.25. The van der Waals surface area contributed by atoms with Crippen molar-refractivity contribution in [1.29, 1.82) is 0 Å². The molecule has 0 atom stereocenters. The lowest BCUT2D eigenvalue weighted by molar-refractivity contribution is -0.00475. The summed E-state index contributed by atoms with van der Waals surface area (Å²) in [6.45, 7) is 5.27. The number of aryl methyl sites for hydroxylation is 1. The third kappa shape index (κ3) is 4.03. The smallest absolute Gasteiger partial charge is 0.240 e. The summed E-state index contributed by atoms with van der Waals surface area (Å²) in [7, 11) is -1.60. The molecule has 1 aliphatic rings. The van der Waals surface area contributed by atoms with Gasteiger partial charge in [-0.1, -0.05) is 6.07 Å². The van der Waals surface area contributed by atoms with Gasteiger partial charge in [-0.15, -0.1) is 0 Å². The van der Waals surface area contributed by atoms with Gasteiger partial charge < -0.3 is 10.1 Å². The number of ether oxygens (including phenoxy) is 1. The number of hydrogen-bond donors (Lipinski definition) is 2. The van der Waals surface area contributed by atoms with Crippen LogP contribution in [-0.4, -0.2) is 34.2 Å². The second-order valence-electron chi connectivity index (χ2n) is 5.49. The molecular formula is C15H24N2O3S. The van der Waals surface area contributed by atoms with Crippen molar-refractivity contribution in [3.05, 3.63) is 29.3 Å². The van der Waals surface area contributed by atoms with E-state index in [9.17, 15) is 8.42 Å². The third-order valence-electron chi connectivity index (χ3n) is 3.82. The number of sulfonamides is 1. The fraction of sp³-hybridized carbons (Fsp3) is 0.600. The zero-order chi connectivity index (χ0) is 15.5. The topological polar surface area (TPSA) is 67.4 Å². The highest BCUT2D eigenvalue weighted by molar-refractivity contribution is 7.89. The Kier molecular flexibility index (Phi) is 5.37. The van der Waals surface area contributed by atoms with Crippen LogP contribution in [0.15, 0.2) is 23.1 Å². The maximum absolute atomic E-state index is 12.4. The first-order chi connectivity index (χ1) is 9.96. The Labute approximate surface area is 127 Å².